The minimum absolute atomic E-state index is 0.202. The second-order valence-corrected chi connectivity index (χ2v) is 8.77. The minimum Gasteiger partial charge on any atom is -0.355 e. The molecule has 1 N–H and O–H groups in total. The molecule has 2 aromatic rings. The molecule has 2 saturated heterocycles. The number of hydrogen-bond donors (Lipinski definition) is 1. The van der Waals surface area contributed by atoms with Gasteiger partial charge in [-0.25, -0.2) is 8.42 Å². The van der Waals surface area contributed by atoms with E-state index in [1.54, 1.807) is 29.6 Å². The molecule has 0 amide bonds. The Morgan fingerprint density at radius 1 is 1.12 bits per heavy atom. The van der Waals surface area contributed by atoms with Gasteiger partial charge in [0.2, 0.25) is 0 Å². The molecule has 10 heteroatoms. The van der Waals surface area contributed by atoms with Crippen molar-refractivity contribution < 1.29 is 17.9 Å². The van der Waals surface area contributed by atoms with Gasteiger partial charge in [0.15, 0.2) is 17.4 Å². The summed E-state index contributed by atoms with van der Waals surface area (Å²) in [6, 6.07) is 6.63. The number of ether oxygens (including phenoxy) is 2. The van der Waals surface area contributed by atoms with Crippen LogP contribution in [0.15, 0.2) is 33.9 Å². The number of nitrogens with zero attached hydrogens (tertiary/aromatic N) is 3. The molecule has 2 aromatic heterocycles. The smallest absolute Gasteiger partial charge is 0.272 e. The Morgan fingerprint density at radius 3 is 2.48 bits per heavy atom. The van der Waals surface area contributed by atoms with Gasteiger partial charge in [0.1, 0.15) is 4.21 Å². The van der Waals surface area contributed by atoms with E-state index in [9.17, 15) is 8.42 Å². The molecule has 0 atom stereocenters. The van der Waals surface area contributed by atoms with Crippen molar-refractivity contribution in [2.24, 2.45) is 0 Å². The van der Waals surface area contributed by atoms with Crippen LogP contribution in [0.4, 0.5) is 11.6 Å². The second-order valence-electron chi connectivity index (χ2n) is 5.91. The van der Waals surface area contributed by atoms with Gasteiger partial charge >= 0.3 is 0 Å². The SMILES string of the molecule is O=S(=O)(Nc1ccc(N2CCC3(CC2)OCCO3)nn1)c1cccs1. The zero-order valence-electron chi connectivity index (χ0n) is 13.4. The van der Waals surface area contributed by atoms with Gasteiger partial charge < -0.3 is 14.4 Å². The summed E-state index contributed by atoms with van der Waals surface area (Å²) < 4.78 is 38.5. The number of aromatic nitrogens is 2. The van der Waals surface area contributed by atoms with Gasteiger partial charge in [-0.2, -0.15) is 0 Å². The Morgan fingerprint density at radius 2 is 1.88 bits per heavy atom. The van der Waals surface area contributed by atoms with Gasteiger partial charge in [0, 0.05) is 25.9 Å². The van der Waals surface area contributed by atoms with Crippen LogP contribution in [-0.4, -0.2) is 50.7 Å². The normalized spacial score (nSPS) is 20.1. The zero-order chi connectivity index (χ0) is 17.3. The zero-order valence-corrected chi connectivity index (χ0v) is 15.1. The molecule has 0 bridgehead atoms. The lowest BCUT2D eigenvalue weighted by Crippen LogP contribution is -2.45. The largest absolute Gasteiger partial charge is 0.355 e. The van der Waals surface area contributed by atoms with Crippen molar-refractivity contribution in [2.45, 2.75) is 22.8 Å². The van der Waals surface area contributed by atoms with Crippen LogP contribution in [0.5, 0.6) is 0 Å². The van der Waals surface area contributed by atoms with Crippen LogP contribution in [0.1, 0.15) is 12.8 Å². The number of sulfonamides is 1. The van der Waals surface area contributed by atoms with E-state index in [-0.39, 0.29) is 10.0 Å². The third-order valence-electron chi connectivity index (χ3n) is 4.31. The van der Waals surface area contributed by atoms with Crippen molar-refractivity contribution in [1.29, 1.82) is 0 Å². The standard InChI is InChI=1S/C15H18N4O4S2/c20-25(21,14-2-1-11-24-14)18-12-3-4-13(17-16-12)19-7-5-15(6-8-19)22-9-10-23-15/h1-4,11H,5-10H2,(H,16,18). The summed E-state index contributed by atoms with van der Waals surface area (Å²) in [4.78, 5) is 2.10. The van der Waals surface area contributed by atoms with E-state index >= 15 is 0 Å². The maximum atomic E-state index is 12.2. The van der Waals surface area contributed by atoms with E-state index in [1.165, 1.54) is 0 Å². The summed E-state index contributed by atoms with van der Waals surface area (Å²) in [6.45, 7) is 2.82. The van der Waals surface area contributed by atoms with E-state index in [0.29, 0.717) is 19.0 Å². The molecular formula is C15H18N4O4S2. The molecule has 0 aromatic carbocycles. The first-order valence-electron chi connectivity index (χ1n) is 7.99. The number of hydrogen-bond acceptors (Lipinski definition) is 8. The molecule has 134 valence electrons. The monoisotopic (exact) mass is 382 g/mol. The van der Waals surface area contributed by atoms with Crippen molar-refractivity contribution in [2.75, 3.05) is 35.9 Å². The molecule has 2 fully saturated rings. The van der Waals surface area contributed by atoms with Gasteiger partial charge in [0.25, 0.3) is 10.0 Å². The van der Waals surface area contributed by atoms with Crippen molar-refractivity contribution in [3.8, 4) is 0 Å². The molecule has 0 radical (unpaired) electrons. The van der Waals surface area contributed by atoms with E-state index < -0.39 is 15.8 Å². The summed E-state index contributed by atoms with van der Waals surface area (Å²) >= 11 is 1.15. The van der Waals surface area contributed by atoms with E-state index in [2.05, 4.69) is 19.8 Å². The predicted molar refractivity (Wildman–Crippen MR) is 93.2 cm³/mol. The fraction of sp³-hybridized carbons (Fsp3) is 0.467. The average molecular weight is 382 g/mol. The summed E-state index contributed by atoms with van der Waals surface area (Å²) in [5.41, 5.74) is 0. The quantitative estimate of drug-likeness (QED) is 0.860. The Balaban J connectivity index is 1.41. The van der Waals surface area contributed by atoms with E-state index in [4.69, 9.17) is 9.47 Å². The molecule has 25 heavy (non-hydrogen) atoms. The highest BCUT2D eigenvalue weighted by molar-refractivity contribution is 7.94. The Labute approximate surface area is 149 Å². The molecule has 8 nitrogen and oxygen atoms in total. The Kier molecular flexibility index (Phi) is 4.36. The average Bonchev–Trinajstić information content (AvgIpc) is 3.29. The molecular weight excluding hydrogens is 364 g/mol. The molecule has 0 saturated carbocycles. The molecule has 0 unspecified atom stereocenters. The molecule has 4 rings (SSSR count). The summed E-state index contributed by atoms with van der Waals surface area (Å²) in [7, 11) is -3.60. The summed E-state index contributed by atoms with van der Waals surface area (Å²) in [6.07, 6.45) is 1.56. The third kappa shape index (κ3) is 3.47. The van der Waals surface area contributed by atoms with Crippen LogP contribution in [0, 0.1) is 0 Å². The van der Waals surface area contributed by atoms with Crippen LogP contribution < -0.4 is 9.62 Å². The maximum Gasteiger partial charge on any atom is 0.272 e. The van der Waals surface area contributed by atoms with Crippen LogP contribution >= 0.6 is 11.3 Å². The number of nitrogens with one attached hydrogen (secondary N) is 1. The maximum absolute atomic E-state index is 12.2. The molecule has 2 aliphatic rings. The second kappa shape index (κ2) is 6.52. The number of anilines is 2. The fourth-order valence-electron chi connectivity index (χ4n) is 3.01. The van der Waals surface area contributed by atoms with Gasteiger partial charge in [-0.05, 0) is 23.6 Å². The summed E-state index contributed by atoms with van der Waals surface area (Å²) in [5, 5.41) is 9.86. The van der Waals surface area contributed by atoms with Gasteiger partial charge in [-0.3, -0.25) is 4.72 Å². The molecule has 1 spiro atoms. The first kappa shape index (κ1) is 16.7. The number of thiophene rings is 1. The molecule has 0 aliphatic carbocycles. The van der Waals surface area contributed by atoms with Crippen molar-refractivity contribution in [1.82, 2.24) is 10.2 Å². The van der Waals surface area contributed by atoms with Crippen LogP contribution in [0.25, 0.3) is 0 Å². The minimum atomic E-state index is -3.60. The molecule has 2 aliphatic heterocycles. The van der Waals surface area contributed by atoms with Crippen LogP contribution in [0.3, 0.4) is 0 Å². The van der Waals surface area contributed by atoms with Crippen LogP contribution in [-0.2, 0) is 19.5 Å². The van der Waals surface area contributed by atoms with Crippen molar-refractivity contribution in [3.63, 3.8) is 0 Å². The lowest BCUT2D eigenvalue weighted by molar-refractivity contribution is -0.169. The predicted octanol–water partition coefficient (Wildman–Crippen LogP) is 1.68. The highest BCUT2D eigenvalue weighted by Crippen LogP contribution is 2.32. The van der Waals surface area contributed by atoms with E-state index in [1.807, 2.05) is 0 Å². The third-order valence-corrected chi connectivity index (χ3v) is 7.06. The Bertz CT molecular complexity index is 808. The highest BCUT2D eigenvalue weighted by atomic mass is 32.2. The van der Waals surface area contributed by atoms with E-state index in [0.717, 1.165) is 37.3 Å². The summed E-state index contributed by atoms with van der Waals surface area (Å²) in [5.74, 6) is 0.486. The fourth-order valence-corrected chi connectivity index (χ4v) is 5.00. The number of piperidine rings is 1. The van der Waals surface area contributed by atoms with Gasteiger partial charge in [-0.15, -0.1) is 21.5 Å². The number of rotatable bonds is 4. The van der Waals surface area contributed by atoms with Crippen LogP contribution in [0.2, 0.25) is 0 Å². The lowest BCUT2D eigenvalue weighted by atomic mass is 10.0. The Hall–Kier alpha value is -1.75. The van der Waals surface area contributed by atoms with Gasteiger partial charge in [-0.1, -0.05) is 6.07 Å². The topological polar surface area (TPSA) is 93.7 Å². The first-order valence-corrected chi connectivity index (χ1v) is 10.4. The molecule has 4 heterocycles. The van der Waals surface area contributed by atoms with Crippen molar-refractivity contribution >= 4 is 33.0 Å². The lowest BCUT2D eigenvalue weighted by Gasteiger charge is -2.37. The van der Waals surface area contributed by atoms with Gasteiger partial charge in [0.05, 0.1) is 13.2 Å². The first-order chi connectivity index (χ1) is 12.1. The van der Waals surface area contributed by atoms with Crippen molar-refractivity contribution in [3.05, 3.63) is 29.6 Å². The highest BCUT2D eigenvalue weighted by Gasteiger charge is 2.40.